The Bertz CT molecular complexity index is 309. The lowest BCUT2D eigenvalue weighted by atomic mass is 10.1. The molecule has 0 fully saturated rings. The number of nitrogens with two attached hydrogens (primary N) is 1. The van der Waals surface area contributed by atoms with Crippen LogP contribution in [-0.4, -0.2) is 30.8 Å². The minimum atomic E-state index is -0.00736. The van der Waals surface area contributed by atoms with E-state index in [9.17, 15) is 0 Å². The molecule has 0 bridgehead atoms. The molecule has 6 nitrogen and oxygen atoms in total. The van der Waals surface area contributed by atoms with Crippen LogP contribution in [0, 0.1) is 0 Å². The van der Waals surface area contributed by atoms with Gasteiger partial charge in [-0.2, -0.15) is 0 Å². The Kier molecular flexibility index (Phi) is 5.69. The van der Waals surface area contributed by atoms with Crippen molar-refractivity contribution in [3.8, 4) is 5.88 Å². The van der Waals surface area contributed by atoms with Crippen LogP contribution >= 0.6 is 0 Å². The van der Waals surface area contributed by atoms with Gasteiger partial charge < -0.3 is 9.47 Å². The molecule has 1 aromatic heterocycles. The van der Waals surface area contributed by atoms with Crippen molar-refractivity contribution in [3.05, 3.63) is 18.1 Å². The summed E-state index contributed by atoms with van der Waals surface area (Å²) >= 11 is 0. The number of hydrogen-bond donors (Lipinski definition) is 2. The van der Waals surface area contributed by atoms with Gasteiger partial charge in [-0.15, -0.1) is 0 Å². The topological polar surface area (TPSA) is 82.3 Å². The molecule has 0 radical (unpaired) electrons. The summed E-state index contributed by atoms with van der Waals surface area (Å²) in [5.41, 5.74) is 3.55. The van der Waals surface area contributed by atoms with Gasteiger partial charge in [0.25, 0.3) is 0 Å². The van der Waals surface area contributed by atoms with E-state index in [1.54, 1.807) is 20.3 Å². The predicted octanol–water partition coefficient (Wildman–Crippen LogP) is 0.416. The van der Waals surface area contributed by atoms with Crippen molar-refractivity contribution < 1.29 is 9.47 Å². The fourth-order valence-corrected chi connectivity index (χ4v) is 1.40. The van der Waals surface area contributed by atoms with Gasteiger partial charge >= 0.3 is 0 Å². The van der Waals surface area contributed by atoms with E-state index >= 15 is 0 Å². The highest BCUT2D eigenvalue weighted by molar-refractivity contribution is 5.16. The lowest BCUT2D eigenvalue weighted by molar-refractivity contribution is 0.188. The Labute approximate surface area is 95.1 Å². The molecule has 0 aliphatic carbocycles. The van der Waals surface area contributed by atoms with Crippen LogP contribution in [0.1, 0.15) is 24.6 Å². The highest BCUT2D eigenvalue weighted by atomic mass is 16.5. The minimum absolute atomic E-state index is 0.00736. The van der Waals surface area contributed by atoms with E-state index < -0.39 is 0 Å². The molecule has 1 aromatic rings. The average Bonchev–Trinajstić information content (AvgIpc) is 2.35. The van der Waals surface area contributed by atoms with E-state index in [4.69, 9.17) is 15.3 Å². The quantitative estimate of drug-likeness (QED) is 0.398. The number of methoxy groups -OCH3 is 2. The predicted molar refractivity (Wildman–Crippen MR) is 59.8 cm³/mol. The smallest absolute Gasteiger partial charge is 0.216 e. The Morgan fingerprint density at radius 2 is 2.25 bits per heavy atom. The molecule has 0 saturated carbocycles. The first kappa shape index (κ1) is 12.8. The van der Waals surface area contributed by atoms with E-state index in [2.05, 4.69) is 15.4 Å². The van der Waals surface area contributed by atoms with Crippen LogP contribution in [0.25, 0.3) is 0 Å². The molecule has 0 aromatic carbocycles. The van der Waals surface area contributed by atoms with Crippen molar-refractivity contribution in [1.82, 2.24) is 15.4 Å². The third-order valence-corrected chi connectivity index (χ3v) is 2.27. The number of rotatable bonds is 7. The molecule has 6 heteroatoms. The Morgan fingerprint density at radius 1 is 1.44 bits per heavy atom. The van der Waals surface area contributed by atoms with Crippen LogP contribution in [0.5, 0.6) is 5.88 Å². The maximum absolute atomic E-state index is 5.49. The normalized spacial score (nSPS) is 12.4. The fourth-order valence-electron chi connectivity index (χ4n) is 1.40. The molecular weight excluding hydrogens is 208 g/mol. The van der Waals surface area contributed by atoms with Crippen LogP contribution in [0.15, 0.2) is 12.4 Å². The number of aromatic nitrogens is 2. The molecule has 1 heterocycles. The second kappa shape index (κ2) is 7.10. The van der Waals surface area contributed by atoms with Gasteiger partial charge in [0, 0.05) is 19.8 Å². The van der Waals surface area contributed by atoms with E-state index in [1.807, 2.05) is 0 Å². The first-order valence-electron chi connectivity index (χ1n) is 5.12. The highest BCUT2D eigenvalue weighted by Gasteiger charge is 2.11. The van der Waals surface area contributed by atoms with Crippen LogP contribution in [0.4, 0.5) is 0 Å². The van der Waals surface area contributed by atoms with Gasteiger partial charge in [-0.3, -0.25) is 11.3 Å². The Morgan fingerprint density at radius 3 is 2.88 bits per heavy atom. The summed E-state index contributed by atoms with van der Waals surface area (Å²) in [6, 6.07) is 1.77. The average molecular weight is 226 g/mol. The molecule has 0 spiro atoms. The van der Waals surface area contributed by atoms with E-state index in [0.29, 0.717) is 12.5 Å². The highest BCUT2D eigenvalue weighted by Crippen LogP contribution is 2.17. The van der Waals surface area contributed by atoms with Gasteiger partial charge in [0.15, 0.2) is 0 Å². The molecule has 1 unspecified atom stereocenters. The minimum Gasteiger partial charge on any atom is -0.481 e. The Balaban J connectivity index is 2.62. The van der Waals surface area contributed by atoms with Crippen LogP contribution in [0.2, 0.25) is 0 Å². The molecule has 1 atom stereocenters. The van der Waals surface area contributed by atoms with Crippen molar-refractivity contribution >= 4 is 0 Å². The van der Waals surface area contributed by atoms with Crippen molar-refractivity contribution in [2.24, 2.45) is 5.84 Å². The van der Waals surface area contributed by atoms with Gasteiger partial charge in [0.1, 0.15) is 6.33 Å². The van der Waals surface area contributed by atoms with Gasteiger partial charge in [-0.25, -0.2) is 9.97 Å². The molecule has 0 saturated heterocycles. The molecule has 0 amide bonds. The maximum Gasteiger partial charge on any atom is 0.216 e. The van der Waals surface area contributed by atoms with Crippen molar-refractivity contribution in [2.75, 3.05) is 20.8 Å². The second-order valence-corrected chi connectivity index (χ2v) is 3.34. The SMILES string of the molecule is COCCCC(NN)c1cc(OC)ncn1. The van der Waals surface area contributed by atoms with Crippen LogP contribution in [0.3, 0.4) is 0 Å². The molecule has 0 aliphatic heterocycles. The second-order valence-electron chi connectivity index (χ2n) is 3.34. The largest absolute Gasteiger partial charge is 0.481 e. The van der Waals surface area contributed by atoms with E-state index in [-0.39, 0.29) is 6.04 Å². The third kappa shape index (κ3) is 3.73. The number of hydrazine groups is 1. The van der Waals surface area contributed by atoms with Crippen molar-refractivity contribution in [3.63, 3.8) is 0 Å². The summed E-state index contributed by atoms with van der Waals surface area (Å²) in [4.78, 5) is 8.11. The fraction of sp³-hybridized carbons (Fsp3) is 0.600. The van der Waals surface area contributed by atoms with Crippen molar-refractivity contribution in [2.45, 2.75) is 18.9 Å². The van der Waals surface area contributed by atoms with Crippen LogP contribution < -0.4 is 16.0 Å². The third-order valence-electron chi connectivity index (χ3n) is 2.27. The van der Waals surface area contributed by atoms with E-state index in [0.717, 1.165) is 18.5 Å². The van der Waals surface area contributed by atoms with Crippen molar-refractivity contribution in [1.29, 1.82) is 0 Å². The molecule has 16 heavy (non-hydrogen) atoms. The first-order chi connectivity index (χ1) is 7.81. The van der Waals surface area contributed by atoms with Gasteiger partial charge in [-0.05, 0) is 12.8 Å². The lowest BCUT2D eigenvalue weighted by Gasteiger charge is -2.15. The van der Waals surface area contributed by atoms with E-state index in [1.165, 1.54) is 6.33 Å². The molecule has 3 N–H and O–H groups in total. The van der Waals surface area contributed by atoms with Gasteiger partial charge in [0.2, 0.25) is 5.88 Å². The first-order valence-corrected chi connectivity index (χ1v) is 5.12. The number of ether oxygens (including phenoxy) is 2. The number of nitrogens with one attached hydrogen (secondary N) is 1. The summed E-state index contributed by atoms with van der Waals surface area (Å²) in [6.07, 6.45) is 3.23. The summed E-state index contributed by atoms with van der Waals surface area (Å²) < 4.78 is 10.0. The zero-order chi connectivity index (χ0) is 11.8. The molecule has 1 rings (SSSR count). The summed E-state index contributed by atoms with van der Waals surface area (Å²) in [5.74, 6) is 6.03. The summed E-state index contributed by atoms with van der Waals surface area (Å²) in [7, 11) is 3.25. The zero-order valence-electron chi connectivity index (χ0n) is 9.64. The molecule has 0 aliphatic rings. The van der Waals surface area contributed by atoms with Gasteiger partial charge in [-0.1, -0.05) is 0 Å². The monoisotopic (exact) mass is 226 g/mol. The summed E-state index contributed by atoms with van der Waals surface area (Å²) in [5, 5.41) is 0. The summed E-state index contributed by atoms with van der Waals surface area (Å²) in [6.45, 7) is 0.709. The van der Waals surface area contributed by atoms with Crippen LogP contribution in [-0.2, 0) is 4.74 Å². The van der Waals surface area contributed by atoms with Gasteiger partial charge in [0.05, 0.1) is 18.8 Å². The molecular formula is C10H18N4O2. The zero-order valence-corrected chi connectivity index (χ0v) is 9.64. The number of hydrogen-bond acceptors (Lipinski definition) is 6. The lowest BCUT2D eigenvalue weighted by Crippen LogP contribution is -2.29. The maximum atomic E-state index is 5.49. The molecule has 90 valence electrons. The number of nitrogens with zero attached hydrogens (tertiary/aromatic N) is 2. The Hall–Kier alpha value is -1.24. The standard InChI is InChI=1S/C10H18N4O2/c1-15-5-3-4-8(14-11)9-6-10(16-2)13-7-12-9/h6-8,14H,3-5,11H2,1-2H3.